The lowest BCUT2D eigenvalue weighted by Crippen LogP contribution is -1.88. The van der Waals surface area contributed by atoms with E-state index >= 15 is 0 Å². The Morgan fingerprint density at radius 2 is 2.10 bits per heavy atom. The third-order valence-electron chi connectivity index (χ3n) is 1.69. The van der Waals surface area contributed by atoms with Crippen LogP contribution in [0.4, 0.5) is 4.39 Å². The normalized spacial score (nSPS) is 22.7. The number of halogens is 1. The summed E-state index contributed by atoms with van der Waals surface area (Å²) in [6.07, 6.45) is 0. The van der Waals surface area contributed by atoms with Gasteiger partial charge in [-0.2, -0.15) is 0 Å². The Labute approximate surface area is 58.9 Å². The maximum Gasteiger partial charge on any atom is 0.128 e. The lowest BCUT2D eigenvalue weighted by atomic mass is 10.1. The van der Waals surface area contributed by atoms with E-state index in [9.17, 15) is 4.39 Å². The van der Waals surface area contributed by atoms with Crippen molar-refractivity contribution in [1.29, 1.82) is 0 Å². The third kappa shape index (κ3) is 0.907. The highest BCUT2D eigenvalue weighted by Gasteiger charge is 2.24. The minimum Gasteiger partial charge on any atom is -0.307 e. The van der Waals surface area contributed by atoms with Crippen molar-refractivity contribution in [3.05, 3.63) is 35.6 Å². The average Bonchev–Trinajstić information content (AvgIpc) is 2.71. The number of benzene rings is 1. The summed E-state index contributed by atoms with van der Waals surface area (Å²) in [5.41, 5.74) is 0.794. The van der Waals surface area contributed by atoms with Crippen LogP contribution in [0, 0.1) is 5.82 Å². The molecule has 1 atom stereocenters. The van der Waals surface area contributed by atoms with E-state index in [0.29, 0.717) is 0 Å². The van der Waals surface area contributed by atoms with Crippen molar-refractivity contribution in [3.8, 4) is 0 Å². The molecule has 2 rings (SSSR count). The number of rotatable bonds is 1. The second-order valence-corrected chi connectivity index (χ2v) is 2.48. The Kier molecular flexibility index (Phi) is 1.21. The molecule has 0 saturated carbocycles. The molecule has 0 aliphatic carbocycles. The molecule has 0 unspecified atom stereocenters. The third-order valence-corrected chi connectivity index (χ3v) is 1.69. The summed E-state index contributed by atoms with van der Waals surface area (Å²) in [7, 11) is 0. The molecule has 0 amide bonds. The smallest absolute Gasteiger partial charge is 0.128 e. The number of hydrogen-bond acceptors (Lipinski definition) is 1. The van der Waals surface area contributed by atoms with Gasteiger partial charge in [-0.15, -0.1) is 0 Å². The van der Waals surface area contributed by atoms with E-state index in [1.54, 1.807) is 6.07 Å². The van der Waals surface area contributed by atoms with Crippen LogP contribution < -0.4 is 5.32 Å². The molecule has 1 aliphatic heterocycles. The predicted molar refractivity (Wildman–Crippen MR) is 37.1 cm³/mol. The van der Waals surface area contributed by atoms with Gasteiger partial charge < -0.3 is 5.32 Å². The molecule has 2 heteroatoms. The molecule has 1 saturated heterocycles. The van der Waals surface area contributed by atoms with E-state index < -0.39 is 0 Å². The van der Waals surface area contributed by atoms with Gasteiger partial charge in [0.15, 0.2) is 0 Å². The zero-order valence-electron chi connectivity index (χ0n) is 5.47. The van der Waals surface area contributed by atoms with Gasteiger partial charge in [-0.25, -0.2) is 4.39 Å². The first-order chi connectivity index (χ1) is 4.88. The zero-order valence-corrected chi connectivity index (χ0v) is 5.47. The van der Waals surface area contributed by atoms with Gasteiger partial charge in [0.25, 0.3) is 0 Å². The Bertz CT molecular complexity index is 243. The summed E-state index contributed by atoms with van der Waals surface area (Å²) in [5.74, 6) is -0.0995. The quantitative estimate of drug-likeness (QED) is 0.581. The minimum atomic E-state index is -0.0995. The zero-order chi connectivity index (χ0) is 6.97. The molecule has 0 aromatic heterocycles. The van der Waals surface area contributed by atoms with Gasteiger partial charge in [-0.05, 0) is 6.07 Å². The predicted octanol–water partition coefficient (Wildman–Crippen LogP) is 1.47. The van der Waals surface area contributed by atoms with Crippen LogP contribution in [0.2, 0.25) is 0 Å². The standard InChI is InChI=1S/C8H8FN/c9-7-4-2-1-3-6(7)8-5-10-8/h1-4,8,10H,5H2/t8-/m1/s1. The van der Waals surface area contributed by atoms with Gasteiger partial charge >= 0.3 is 0 Å². The Hall–Kier alpha value is -0.890. The van der Waals surface area contributed by atoms with Crippen molar-refractivity contribution in [3.63, 3.8) is 0 Å². The van der Waals surface area contributed by atoms with Crippen molar-refractivity contribution in [2.45, 2.75) is 6.04 Å². The summed E-state index contributed by atoms with van der Waals surface area (Å²) < 4.78 is 12.8. The largest absolute Gasteiger partial charge is 0.307 e. The summed E-state index contributed by atoms with van der Waals surface area (Å²) in [6, 6.07) is 7.16. The Balaban J connectivity index is 2.39. The Morgan fingerprint density at radius 3 is 2.70 bits per heavy atom. The Morgan fingerprint density at radius 1 is 1.40 bits per heavy atom. The SMILES string of the molecule is Fc1ccccc1[C@H]1CN1. The van der Waals surface area contributed by atoms with Gasteiger partial charge in [0.05, 0.1) is 0 Å². The highest BCUT2D eigenvalue weighted by atomic mass is 19.1. The maximum absolute atomic E-state index is 12.8. The van der Waals surface area contributed by atoms with Crippen LogP contribution >= 0.6 is 0 Å². The van der Waals surface area contributed by atoms with Crippen LogP contribution in [-0.2, 0) is 0 Å². The molecule has 1 N–H and O–H groups in total. The van der Waals surface area contributed by atoms with Crippen molar-refractivity contribution in [1.82, 2.24) is 5.32 Å². The van der Waals surface area contributed by atoms with Crippen LogP contribution in [-0.4, -0.2) is 6.54 Å². The van der Waals surface area contributed by atoms with E-state index in [-0.39, 0.29) is 11.9 Å². The summed E-state index contributed by atoms with van der Waals surface area (Å²) >= 11 is 0. The molecule has 0 bridgehead atoms. The lowest BCUT2D eigenvalue weighted by Gasteiger charge is -1.95. The first-order valence-corrected chi connectivity index (χ1v) is 3.36. The number of nitrogens with one attached hydrogen (secondary N) is 1. The molecule has 10 heavy (non-hydrogen) atoms. The van der Waals surface area contributed by atoms with Crippen LogP contribution in [0.3, 0.4) is 0 Å². The molecule has 52 valence electrons. The summed E-state index contributed by atoms with van der Waals surface area (Å²) in [6.45, 7) is 0.918. The van der Waals surface area contributed by atoms with Crippen LogP contribution in [0.25, 0.3) is 0 Å². The van der Waals surface area contributed by atoms with Gasteiger partial charge in [0.1, 0.15) is 5.82 Å². The van der Waals surface area contributed by atoms with E-state index in [0.717, 1.165) is 12.1 Å². The molecule has 1 heterocycles. The van der Waals surface area contributed by atoms with Gasteiger partial charge in [-0.3, -0.25) is 0 Å². The van der Waals surface area contributed by atoms with Gasteiger partial charge in [0.2, 0.25) is 0 Å². The fraction of sp³-hybridized carbons (Fsp3) is 0.250. The molecule has 1 aromatic rings. The molecular weight excluding hydrogens is 129 g/mol. The molecule has 1 fully saturated rings. The van der Waals surface area contributed by atoms with Gasteiger partial charge in [-0.1, -0.05) is 18.2 Å². The van der Waals surface area contributed by atoms with Crippen LogP contribution in [0.1, 0.15) is 11.6 Å². The van der Waals surface area contributed by atoms with E-state index in [2.05, 4.69) is 5.32 Å². The fourth-order valence-electron chi connectivity index (χ4n) is 1.04. The number of hydrogen-bond donors (Lipinski definition) is 1. The highest BCUT2D eigenvalue weighted by molar-refractivity contribution is 5.24. The molecule has 1 nitrogen and oxygen atoms in total. The van der Waals surface area contributed by atoms with Crippen molar-refractivity contribution >= 4 is 0 Å². The second-order valence-electron chi connectivity index (χ2n) is 2.48. The second kappa shape index (κ2) is 2.06. The highest BCUT2D eigenvalue weighted by Crippen LogP contribution is 2.23. The summed E-state index contributed by atoms with van der Waals surface area (Å²) in [4.78, 5) is 0. The van der Waals surface area contributed by atoms with Crippen molar-refractivity contribution in [2.24, 2.45) is 0 Å². The van der Waals surface area contributed by atoms with Gasteiger partial charge in [0, 0.05) is 18.2 Å². The van der Waals surface area contributed by atoms with E-state index in [4.69, 9.17) is 0 Å². The minimum absolute atomic E-state index is 0.0995. The van der Waals surface area contributed by atoms with E-state index in [1.165, 1.54) is 6.07 Å². The topological polar surface area (TPSA) is 21.9 Å². The first-order valence-electron chi connectivity index (χ1n) is 3.36. The van der Waals surface area contributed by atoms with Crippen LogP contribution in [0.5, 0.6) is 0 Å². The molecule has 1 aliphatic rings. The maximum atomic E-state index is 12.8. The molecule has 0 spiro atoms. The van der Waals surface area contributed by atoms with Crippen molar-refractivity contribution < 1.29 is 4.39 Å². The summed E-state index contributed by atoms with van der Waals surface area (Å²) in [5, 5.41) is 3.05. The average molecular weight is 137 g/mol. The monoisotopic (exact) mass is 137 g/mol. The molecule has 0 radical (unpaired) electrons. The lowest BCUT2D eigenvalue weighted by molar-refractivity contribution is 0.610. The fourth-order valence-corrected chi connectivity index (χ4v) is 1.04. The molecule has 1 aromatic carbocycles. The van der Waals surface area contributed by atoms with E-state index in [1.807, 2.05) is 12.1 Å². The van der Waals surface area contributed by atoms with Crippen LogP contribution in [0.15, 0.2) is 24.3 Å². The first kappa shape index (κ1) is 5.86. The molecular formula is C8H8FN. The van der Waals surface area contributed by atoms with Crippen molar-refractivity contribution in [2.75, 3.05) is 6.54 Å².